The first-order valence-corrected chi connectivity index (χ1v) is 8.11. The molecule has 5 nitrogen and oxygen atoms in total. The number of sulfonamides is 1. The van der Waals surface area contributed by atoms with Crippen molar-refractivity contribution >= 4 is 15.8 Å². The summed E-state index contributed by atoms with van der Waals surface area (Å²) in [6, 6.07) is 6.14. The summed E-state index contributed by atoms with van der Waals surface area (Å²) in [5.74, 6) is 0.0624. The van der Waals surface area contributed by atoms with Crippen molar-refractivity contribution < 1.29 is 18.3 Å². The van der Waals surface area contributed by atoms with Gasteiger partial charge in [0, 0.05) is 25.3 Å². The molecule has 1 N–H and O–H groups in total. The van der Waals surface area contributed by atoms with E-state index < -0.39 is 10.0 Å². The molecule has 0 radical (unpaired) electrons. The minimum atomic E-state index is -3.55. The molecular weight excluding hydrogens is 278 g/mol. The number of nitrogens with zero attached hydrogens (tertiary/aromatic N) is 1. The highest BCUT2D eigenvalue weighted by Gasteiger charge is 2.32. The lowest BCUT2D eigenvalue weighted by molar-refractivity contribution is 0.101. The van der Waals surface area contributed by atoms with Crippen molar-refractivity contribution in [1.29, 1.82) is 0 Å². The lowest BCUT2D eigenvalue weighted by Gasteiger charge is -2.16. The second kappa shape index (κ2) is 6.03. The number of carbonyl (C=O) groups is 1. The number of carbonyl (C=O) groups excluding carboxylic acids is 1. The highest BCUT2D eigenvalue weighted by molar-refractivity contribution is 7.89. The van der Waals surface area contributed by atoms with Gasteiger partial charge in [0.1, 0.15) is 0 Å². The van der Waals surface area contributed by atoms with E-state index in [-0.39, 0.29) is 23.2 Å². The summed E-state index contributed by atoms with van der Waals surface area (Å²) in [6.45, 7) is 2.40. The molecule has 1 aromatic rings. The van der Waals surface area contributed by atoms with E-state index in [1.54, 1.807) is 12.1 Å². The Morgan fingerprint density at radius 2 is 2.20 bits per heavy atom. The van der Waals surface area contributed by atoms with E-state index in [1.165, 1.54) is 23.4 Å². The maximum atomic E-state index is 12.5. The highest BCUT2D eigenvalue weighted by atomic mass is 32.2. The fourth-order valence-corrected chi connectivity index (χ4v) is 4.04. The van der Waals surface area contributed by atoms with Crippen LogP contribution in [-0.4, -0.2) is 43.3 Å². The Balaban J connectivity index is 2.23. The van der Waals surface area contributed by atoms with Gasteiger partial charge in [-0.15, -0.1) is 0 Å². The van der Waals surface area contributed by atoms with Crippen LogP contribution in [0.3, 0.4) is 0 Å². The smallest absolute Gasteiger partial charge is 0.243 e. The maximum absolute atomic E-state index is 12.5. The van der Waals surface area contributed by atoms with E-state index in [2.05, 4.69) is 0 Å². The van der Waals surface area contributed by atoms with E-state index >= 15 is 0 Å². The van der Waals surface area contributed by atoms with Crippen molar-refractivity contribution in [2.24, 2.45) is 5.92 Å². The normalized spacial score (nSPS) is 20.2. The molecule has 0 saturated carbocycles. The number of benzene rings is 1. The molecule has 1 saturated heterocycles. The van der Waals surface area contributed by atoms with E-state index in [4.69, 9.17) is 5.11 Å². The number of hydrogen-bond acceptors (Lipinski definition) is 4. The summed E-state index contributed by atoms with van der Waals surface area (Å²) in [7, 11) is -3.55. The predicted molar refractivity (Wildman–Crippen MR) is 75.0 cm³/mol. The summed E-state index contributed by atoms with van der Waals surface area (Å²) in [6.07, 6.45) is 1.39. The van der Waals surface area contributed by atoms with Crippen LogP contribution in [0, 0.1) is 5.92 Å². The molecule has 0 spiro atoms. The molecule has 1 aromatic carbocycles. The molecule has 1 unspecified atom stereocenters. The summed E-state index contributed by atoms with van der Waals surface area (Å²) in [4.78, 5) is 11.5. The average Bonchev–Trinajstić information content (AvgIpc) is 2.88. The number of Topliss-reactive ketones (excluding diaryl/α,β-unsaturated/α-hetero) is 1. The Morgan fingerprint density at radius 1 is 1.45 bits per heavy atom. The van der Waals surface area contributed by atoms with E-state index in [1.807, 2.05) is 0 Å². The van der Waals surface area contributed by atoms with Crippen LogP contribution in [0.4, 0.5) is 0 Å². The number of aliphatic hydroxyl groups excluding tert-OH is 1. The van der Waals surface area contributed by atoms with Gasteiger partial charge in [-0.1, -0.05) is 12.1 Å². The van der Waals surface area contributed by atoms with Crippen LogP contribution in [0.5, 0.6) is 0 Å². The predicted octanol–water partition coefficient (Wildman–Crippen LogP) is 1.28. The van der Waals surface area contributed by atoms with Crippen LogP contribution in [0.1, 0.15) is 30.1 Å². The third kappa shape index (κ3) is 3.08. The molecule has 0 aromatic heterocycles. The third-order valence-electron chi connectivity index (χ3n) is 3.66. The van der Waals surface area contributed by atoms with Crippen molar-refractivity contribution in [2.45, 2.75) is 24.7 Å². The Kier molecular flexibility index (Phi) is 4.57. The number of aliphatic hydroxyl groups is 1. The van der Waals surface area contributed by atoms with Crippen molar-refractivity contribution in [3.05, 3.63) is 29.8 Å². The molecule has 1 fully saturated rings. The molecule has 6 heteroatoms. The monoisotopic (exact) mass is 297 g/mol. The van der Waals surface area contributed by atoms with Gasteiger partial charge in [-0.2, -0.15) is 4.31 Å². The van der Waals surface area contributed by atoms with Gasteiger partial charge in [0.2, 0.25) is 10.0 Å². The van der Waals surface area contributed by atoms with Crippen molar-refractivity contribution in [2.75, 3.05) is 19.7 Å². The molecule has 110 valence electrons. The summed E-state index contributed by atoms with van der Waals surface area (Å²) < 4.78 is 26.5. The molecule has 0 bridgehead atoms. The zero-order chi connectivity index (χ0) is 14.8. The van der Waals surface area contributed by atoms with E-state index in [0.29, 0.717) is 25.1 Å². The SMILES string of the molecule is CC(=O)c1cccc(S(=O)(=O)N2CCC(CCO)C2)c1. The Hall–Kier alpha value is -1.24. The van der Waals surface area contributed by atoms with Crippen molar-refractivity contribution in [3.8, 4) is 0 Å². The number of ketones is 1. The second-order valence-electron chi connectivity index (χ2n) is 5.11. The van der Waals surface area contributed by atoms with Crippen molar-refractivity contribution in [3.63, 3.8) is 0 Å². The molecule has 20 heavy (non-hydrogen) atoms. The fourth-order valence-electron chi connectivity index (χ4n) is 2.46. The standard InChI is InChI=1S/C14H19NO4S/c1-11(17)13-3-2-4-14(9-13)20(18,19)15-7-5-12(10-15)6-8-16/h2-4,9,12,16H,5-8,10H2,1H3. The number of rotatable bonds is 5. The van der Waals surface area contributed by atoms with Gasteiger partial charge in [-0.25, -0.2) is 8.42 Å². The third-order valence-corrected chi connectivity index (χ3v) is 5.53. The van der Waals surface area contributed by atoms with Gasteiger partial charge in [0.15, 0.2) is 5.78 Å². The largest absolute Gasteiger partial charge is 0.396 e. The first-order chi connectivity index (χ1) is 9.45. The van der Waals surface area contributed by atoms with E-state index in [9.17, 15) is 13.2 Å². The van der Waals surface area contributed by atoms with Crippen LogP contribution < -0.4 is 0 Å². The van der Waals surface area contributed by atoms with Crippen LogP contribution in [0.2, 0.25) is 0 Å². The van der Waals surface area contributed by atoms with Crippen LogP contribution >= 0.6 is 0 Å². The van der Waals surface area contributed by atoms with Gasteiger partial charge in [0.05, 0.1) is 4.90 Å². The number of hydrogen-bond donors (Lipinski definition) is 1. The Bertz CT molecular complexity index is 597. The topological polar surface area (TPSA) is 74.7 Å². The first kappa shape index (κ1) is 15.2. The van der Waals surface area contributed by atoms with Crippen LogP contribution in [0.15, 0.2) is 29.2 Å². The molecule has 1 aliphatic rings. The Labute approximate surface area is 119 Å². The molecule has 0 amide bonds. The lowest BCUT2D eigenvalue weighted by Crippen LogP contribution is -2.29. The minimum Gasteiger partial charge on any atom is -0.396 e. The quantitative estimate of drug-likeness (QED) is 0.831. The van der Waals surface area contributed by atoms with E-state index in [0.717, 1.165) is 6.42 Å². The molecule has 1 aliphatic heterocycles. The summed E-state index contributed by atoms with van der Waals surface area (Å²) in [5.41, 5.74) is 0.400. The second-order valence-corrected chi connectivity index (χ2v) is 7.05. The molecule has 0 aliphatic carbocycles. The zero-order valence-electron chi connectivity index (χ0n) is 11.4. The lowest BCUT2D eigenvalue weighted by atomic mass is 10.1. The van der Waals surface area contributed by atoms with Gasteiger partial charge in [-0.05, 0) is 37.8 Å². The molecule has 1 heterocycles. The van der Waals surface area contributed by atoms with Gasteiger partial charge in [-0.3, -0.25) is 4.79 Å². The van der Waals surface area contributed by atoms with Crippen LogP contribution in [0.25, 0.3) is 0 Å². The zero-order valence-corrected chi connectivity index (χ0v) is 12.3. The molecular formula is C14H19NO4S. The summed E-state index contributed by atoms with van der Waals surface area (Å²) >= 11 is 0. The Morgan fingerprint density at radius 3 is 2.85 bits per heavy atom. The highest BCUT2D eigenvalue weighted by Crippen LogP contribution is 2.26. The molecule has 1 atom stereocenters. The molecule has 2 rings (SSSR count). The average molecular weight is 297 g/mol. The first-order valence-electron chi connectivity index (χ1n) is 6.67. The van der Waals surface area contributed by atoms with Crippen molar-refractivity contribution in [1.82, 2.24) is 4.31 Å². The fraction of sp³-hybridized carbons (Fsp3) is 0.500. The maximum Gasteiger partial charge on any atom is 0.243 e. The van der Waals surface area contributed by atoms with Crippen LogP contribution in [-0.2, 0) is 10.0 Å². The van der Waals surface area contributed by atoms with Gasteiger partial charge < -0.3 is 5.11 Å². The van der Waals surface area contributed by atoms with Gasteiger partial charge >= 0.3 is 0 Å². The van der Waals surface area contributed by atoms with Gasteiger partial charge in [0.25, 0.3) is 0 Å². The summed E-state index contributed by atoms with van der Waals surface area (Å²) in [5, 5.41) is 8.92. The minimum absolute atomic E-state index is 0.0817.